The number of urea groups is 1. The van der Waals surface area contributed by atoms with Crippen molar-refractivity contribution in [2.45, 2.75) is 45.6 Å². The van der Waals surface area contributed by atoms with E-state index >= 15 is 0 Å². The third kappa shape index (κ3) is 5.97. The van der Waals surface area contributed by atoms with Gasteiger partial charge in [-0.25, -0.2) is 4.79 Å². The summed E-state index contributed by atoms with van der Waals surface area (Å²) in [5.74, 6) is 0. The SMILES string of the molecule is CCCCCCNC(=O)NC(C)c1ccccc1Cl. The molecule has 2 amide bonds. The minimum Gasteiger partial charge on any atom is -0.338 e. The normalized spacial score (nSPS) is 11.9. The van der Waals surface area contributed by atoms with Crippen molar-refractivity contribution in [3.05, 3.63) is 34.9 Å². The highest BCUT2D eigenvalue weighted by molar-refractivity contribution is 6.31. The summed E-state index contributed by atoms with van der Waals surface area (Å²) in [5.41, 5.74) is 0.935. The summed E-state index contributed by atoms with van der Waals surface area (Å²) < 4.78 is 0. The van der Waals surface area contributed by atoms with E-state index in [0.29, 0.717) is 5.02 Å². The highest BCUT2D eigenvalue weighted by Gasteiger charge is 2.11. The van der Waals surface area contributed by atoms with E-state index in [-0.39, 0.29) is 12.1 Å². The summed E-state index contributed by atoms with van der Waals surface area (Å²) in [6.45, 7) is 4.82. The molecule has 1 rings (SSSR count). The molecule has 106 valence electrons. The van der Waals surface area contributed by atoms with Crippen molar-refractivity contribution in [3.63, 3.8) is 0 Å². The second-order valence-electron chi connectivity index (χ2n) is 4.70. The molecule has 0 aromatic heterocycles. The van der Waals surface area contributed by atoms with Gasteiger partial charge in [0.1, 0.15) is 0 Å². The molecule has 1 atom stereocenters. The van der Waals surface area contributed by atoms with Crippen molar-refractivity contribution >= 4 is 17.6 Å². The minimum atomic E-state index is -0.135. The summed E-state index contributed by atoms with van der Waals surface area (Å²) in [5, 5.41) is 6.44. The molecule has 0 saturated carbocycles. The molecule has 0 aliphatic rings. The van der Waals surface area contributed by atoms with Crippen molar-refractivity contribution in [1.82, 2.24) is 10.6 Å². The van der Waals surface area contributed by atoms with Gasteiger partial charge in [0.15, 0.2) is 0 Å². The fourth-order valence-corrected chi connectivity index (χ4v) is 2.20. The smallest absolute Gasteiger partial charge is 0.315 e. The third-order valence-electron chi connectivity index (χ3n) is 3.04. The Bertz CT molecular complexity index is 395. The molecule has 0 bridgehead atoms. The van der Waals surface area contributed by atoms with Gasteiger partial charge >= 0.3 is 6.03 Å². The largest absolute Gasteiger partial charge is 0.338 e. The van der Waals surface area contributed by atoms with Gasteiger partial charge in [-0.3, -0.25) is 0 Å². The lowest BCUT2D eigenvalue weighted by molar-refractivity contribution is 0.237. The zero-order valence-corrected chi connectivity index (χ0v) is 12.5. The van der Waals surface area contributed by atoms with Gasteiger partial charge in [0, 0.05) is 11.6 Å². The summed E-state index contributed by atoms with van der Waals surface area (Å²) in [6, 6.07) is 7.33. The Hall–Kier alpha value is -1.22. The molecule has 0 aliphatic carbocycles. The number of carbonyl (C=O) groups is 1. The van der Waals surface area contributed by atoms with Crippen LogP contribution in [0.25, 0.3) is 0 Å². The van der Waals surface area contributed by atoms with Gasteiger partial charge in [0.05, 0.1) is 6.04 Å². The maximum Gasteiger partial charge on any atom is 0.315 e. The minimum absolute atomic E-state index is 0.0932. The molecule has 0 radical (unpaired) electrons. The number of amides is 2. The molecule has 2 N–H and O–H groups in total. The number of nitrogens with one attached hydrogen (secondary N) is 2. The van der Waals surface area contributed by atoms with Gasteiger partial charge in [-0.2, -0.15) is 0 Å². The Kier molecular flexibility index (Phi) is 7.34. The molecule has 1 unspecified atom stereocenters. The van der Waals surface area contributed by atoms with Gasteiger partial charge in [0.2, 0.25) is 0 Å². The summed E-state index contributed by atoms with van der Waals surface area (Å²) in [6.07, 6.45) is 4.62. The van der Waals surface area contributed by atoms with Crippen LogP contribution in [0.2, 0.25) is 5.02 Å². The summed E-state index contributed by atoms with van der Waals surface area (Å²) in [4.78, 5) is 11.7. The monoisotopic (exact) mass is 282 g/mol. The molecule has 0 heterocycles. The first-order valence-electron chi connectivity index (χ1n) is 6.94. The van der Waals surface area contributed by atoms with E-state index in [0.717, 1.165) is 24.9 Å². The van der Waals surface area contributed by atoms with E-state index < -0.39 is 0 Å². The van der Waals surface area contributed by atoms with Gasteiger partial charge in [0.25, 0.3) is 0 Å². The molecule has 0 saturated heterocycles. The first-order chi connectivity index (χ1) is 9.15. The predicted octanol–water partition coefficient (Wildman–Crippen LogP) is 4.28. The van der Waals surface area contributed by atoms with Crippen LogP contribution >= 0.6 is 11.6 Å². The molecule has 19 heavy (non-hydrogen) atoms. The lowest BCUT2D eigenvalue weighted by Crippen LogP contribution is -2.37. The fraction of sp³-hybridized carbons (Fsp3) is 0.533. The Morgan fingerprint density at radius 3 is 2.68 bits per heavy atom. The second-order valence-corrected chi connectivity index (χ2v) is 5.11. The number of halogens is 1. The number of rotatable bonds is 7. The molecule has 3 nitrogen and oxygen atoms in total. The quantitative estimate of drug-likeness (QED) is 0.720. The van der Waals surface area contributed by atoms with Crippen LogP contribution in [-0.2, 0) is 0 Å². The number of hydrogen-bond acceptors (Lipinski definition) is 1. The van der Waals surface area contributed by atoms with E-state index in [1.54, 1.807) is 0 Å². The number of carbonyl (C=O) groups excluding carboxylic acids is 1. The molecular weight excluding hydrogens is 260 g/mol. The van der Waals surface area contributed by atoms with Gasteiger partial charge in [-0.1, -0.05) is 56.0 Å². The Morgan fingerprint density at radius 1 is 1.26 bits per heavy atom. The predicted molar refractivity (Wildman–Crippen MR) is 80.5 cm³/mol. The van der Waals surface area contributed by atoms with E-state index in [2.05, 4.69) is 17.6 Å². The summed E-state index contributed by atoms with van der Waals surface area (Å²) >= 11 is 6.09. The van der Waals surface area contributed by atoms with Crippen LogP contribution in [0.5, 0.6) is 0 Å². The molecule has 1 aromatic rings. The standard InChI is InChI=1S/C15H23ClN2O/c1-3-4-5-8-11-17-15(19)18-12(2)13-9-6-7-10-14(13)16/h6-7,9-10,12H,3-5,8,11H2,1-2H3,(H2,17,18,19). The van der Waals surface area contributed by atoms with Crippen LogP contribution in [0, 0.1) is 0 Å². The second kappa shape index (κ2) is 8.81. The van der Waals surface area contributed by atoms with Gasteiger partial charge < -0.3 is 10.6 Å². The third-order valence-corrected chi connectivity index (χ3v) is 3.38. The van der Waals surface area contributed by atoms with E-state index in [4.69, 9.17) is 11.6 Å². The van der Waals surface area contributed by atoms with Crippen LogP contribution < -0.4 is 10.6 Å². The topological polar surface area (TPSA) is 41.1 Å². The maximum atomic E-state index is 11.7. The van der Waals surface area contributed by atoms with Crippen molar-refractivity contribution in [2.75, 3.05) is 6.54 Å². The first-order valence-corrected chi connectivity index (χ1v) is 7.31. The van der Waals surface area contributed by atoms with E-state index in [1.807, 2.05) is 31.2 Å². The zero-order chi connectivity index (χ0) is 14.1. The number of hydrogen-bond donors (Lipinski definition) is 2. The van der Waals surface area contributed by atoms with Crippen LogP contribution in [0.4, 0.5) is 4.79 Å². The molecule has 1 aromatic carbocycles. The number of benzene rings is 1. The number of unbranched alkanes of at least 4 members (excludes halogenated alkanes) is 3. The molecule has 0 fully saturated rings. The Balaban J connectivity index is 2.30. The zero-order valence-electron chi connectivity index (χ0n) is 11.7. The highest BCUT2D eigenvalue weighted by Crippen LogP contribution is 2.21. The lowest BCUT2D eigenvalue weighted by atomic mass is 10.1. The van der Waals surface area contributed by atoms with Gasteiger partial charge in [-0.05, 0) is 25.0 Å². The van der Waals surface area contributed by atoms with Crippen LogP contribution in [0.1, 0.15) is 51.1 Å². The van der Waals surface area contributed by atoms with Crippen molar-refractivity contribution in [1.29, 1.82) is 0 Å². The average molecular weight is 283 g/mol. The van der Waals surface area contributed by atoms with Crippen molar-refractivity contribution in [3.8, 4) is 0 Å². The maximum absolute atomic E-state index is 11.7. The van der Waals surface area contributed by atoms with E-state index in [1.165, 1.54) is 12.8 Å². The Labute approximate surface area is 120 Å². The fourth-order valence-electron chi connectivity index (χ4n) is 1.91. The first kappa shape index (κ1) is 15.8. The van der Waals surface area contributed by atoms with Crippen LogP contribution in [0.15, 0.2) is 24.3 Å². The Morgan fingerprint density at radius 2 is 2.00 bits per heavy atom. The molecule has 0 aliphatic heterocycles. The lowest BCUT2D eigenvalue weighted by Gasteiger charge is -2.16. The highest BCUT2D eigenvalue weighted by atomic mass is 35.5. The van der Waals surface area contributed by atoms with Crippen LogP contribution in [0.3, 0.4) is 0 Å². The van der Waals surface area contributed by atoms with E-state index in [9.17, 15) is 4.79 Å². The molecule has 4 heteroatoms. The average Bonchev–Trinajstić information content (AvgIpc) is 2.39. The summed E-state index contributed by atoms with van der Waals surface area (Å²) in [7, 11) is 0. The van der Waals surface area contributed by atoms with Crippen molar-refractivity contribution in [2.24, 2.45) is 0 Å². The molecule has 0 spiro atoms. The van der Waals surface area contributed by atoms with Crippen molar-refractivity contribution < 1.29 is 4.79 Å². The van der Waals surface area contributed by atoms with Crippen LogP contribution in [-0.4, -0.2) is 12.6 Å². The molecular formula is C15H23ClN2O. The van der Waals surface area contributed by atoms with Gasteiger partial charge in [-0.15, -0.1) is 0 Å².